The van der Waals surface area contributed by atoms with E-state index in [0.29, 0.717) is 17.1 Å². The van der Waals surface area contributed by atoms with E-state index in [1.54, 1.807) is 12.1 Å². The Morgan fingerprint density at radius 1 is 1.16 bits per heavy atom. The molecule has 2 heterocycles. The average molecular weight is 422 g/mol. The molecule has 10 nitrogen and oxygen atoms in total. The summed E-state index contributed by atoms with van der Waals surface area (Å²) >= 11 is 0. The van der Waals surface area contributed by atoms with Crippen molar-refractivity contribution in [3.8, 4) is 11.4 Å². The highest BCUT2D eigenvalue weighted by atomic mass is 16.6. The molecule has 160 valence electrons. The highest BCUT2D eigenvalue weighted by Crippen LogP contribution is 2.20. The van der Waals surface area contributed by atoms with E-state index in [9.17, 15) is 14.9 Å². The number of amides is 1. The second-order valence-electron chi connectivity index (χ2n) is 7.21. The lowest BCUT2D eigenvalue weighted by Crippen LogP contribution is -2.35. The number of nitrogens with zero attached hydrogens (tertiary/aromatic N) is 5. The van der Waals surface area contributed by atoms with E-state index in [2.05, 4.69) is 20.3 Å². The van der Waals surface area contributed by atoms with Gasteiger partial charge in [0.05, 0.1) is 18.1 Å². The number of morpholine rings is 1. The minimum atomic E-state index is -0.472. The van der Waals surface area contributed by atoms with Gasteiger partial charge in [0.1, 0.15) is 12.9 Å². The van der Waals surface area contributed by atoms with Crippen LogP contribution in [0.5, 0.6) is 0 Å². The van der Waals surface area contributed by atoms with Gasteiger partial charge in [-0.3, -0.25) is 19.8 Å². The molecule has 10 heteroatoms. The van der Waals surface area contributed by atoms with E-state index in [1.165, 1.54) is 28.7 Å². The van der Waals surface area contributed by atoms with Gasteiger partial charge in [-0.05, 0) is 17.7 Å². The maximum absolute atomic E-state index is 12.4. The van der Waals surface area contributed by atoms with E-state index >= 15 is 0 Å². The fraction of sp³-hybridized carbons (Fsp3) is 0.286. The van der Waals surface area contributed by atoms with Crippen LogP contribution in [0.15, 0.2) is 54.9 Å². The summed E-state index contributed by atoms with van der Waals surface area (Å²) in [6, 6.07) is 13.8. The molecule has 0 atom stereocenters. The molecule has 1 N–H and O–H groups in total. The summed E-state index contributed by atoms with van der Waals surface area (Å²) < 4.78 is 6.76. The number of carbonyl (C=O) groups excluding carboxylic acids is 1. The van der Waals surface area contributed by atoms with Crippen LogP contribution in [0.3, 0.4) is 0 Å². The van der Waals surface area contributed by atoms with E-state index < -0.39 is 4.92 Å². The van der Waals surface area contributed by atoms with Crippen molar-refractivity contribution in [1.82, 2.24) is 19.7 Å². The maximum Gasteiger partial charge on any atom is 0.270 e. The fourth-order valence-electron chi connectivity index (χ4n) is 3.32. The molecule has 0 spiro atoms. The lowest BCUT2D eigenvalue weighted by atomic mass is 10.2. The third-order valence-corrected chi connectivity index (χ3v) is 4.90. The van der Waals surface area contributed by atoms with Crippen LogP contribution in [0, 0.1) is 10.1 Å². The number of nitrogens with one attached hydrogen (secondary N) is 1. The van der Waals surface area contributed by atoms with Gasteiger partial charge in [-0.25, -0.2) is 9.67 Å². The Hall–Kier alpha value is -3.63. The van der Waals surface area contributed by atoms with Crippen LogP contribution >= 0.6 is 0 Å². The first-order chi connectivity index (χ1) is 15.1. The first kappa shape index (κ1) is 20.6. The van der Waals surface area contributed by atoms with Gasteiger partial charge < -0.3 is 10.1 Å². The summed E-state index contributed by atoms with van der Waals surface area (Å²) in [5, 5.41) is 18.0. The molecule has 1 saturated heterocycles. The zero-order valence-electron chi connectivity index (χ0n) is 16.8. The highest BCUT2D eigenvalue weighted by Gasteiger charge is 2.13. The Morgan fingerprint density at radius 3 is 2.68 bits per heavy atom. The summed E-state index contributed by atoms with van der Waals surface area (Å²) in [7, 11) is 0. The second kappa shape index (κ2) is 9.45. The van der Waals surface area contributed by atoms with Crippen molar-refractivity contribution in [3.05, 3.63) is 70.5 Å². The minimum absolute atomic E-state index is 0.0164. The zero-order valence-corrected chi connectivity index (χ0v) is 16.8. The number of ether oxygens (including phenoxy) is 1. The Kier molecular flexibility index (Phi) is 6.29. The van der Waals surface area contributed by atoms with Gasteiger partial charge >= 0.3 is 0 Å². The molecule has 0 unspecified atom stereocenters. The topological polar surface area (TPSA) is 115 Å². The van der Waals surface area contributed by atoms with Gasteiger partial charge in [0, 0.05) is 43.0 Å². The van der Waals surface area contributed by atoms with E-state index in [0.717, 1.165) is 32.8 Å². The lowest BCUT2D eigenvalue weighted by molar-refractivity contribution is -0.384. The normalized spacial score (nSPS) is 14.3. The van der Waals surface area contributed by atoms with E-state index in [-0.39, 0.29) is 18.1 Å². The average Bonchev–Trinajstić information content (AvgIpc) is 3.24. The Morgan fingerprint density at radius 2 is 1.94 bits per heavy atom. The van der Waals surface area contributed by atoms with Crippen LogP contribution < -0.4 is 5.32 Å². The second-order valence-corrected chi connectivity index (χ2v) is 7.21. The number of aromatic nitrogens is 3. The first-order valence-electron chi connectivity index (χ1n) is 9.90. The first-order valence-corrected chi connectivity index (χ1v) is 9.90. The van der Waals surface area contributed by atoms with Gasteiger partial charge in [-0.2, -0.15) is 5.10 Å². The van der Waals surface area contributed by atoms with Crippen molar-refractivity contribution < 1.29 is 14.5 Å². The van der Waals surface area contributed by atoms with Crippen molar-refractivity contribution in [2.75, 3.05) is 31.6 Å². The monoisotopic (exact) mass is 422 g/mol. The summed E-state index contributed by atoms with van der Waals surface area (Å²) in [5.41, 5.74) is 2.36. The smallest absolute Gasteiger partial charge is 0.270 e. The Labute approximate surface area is 178 Å². The molecule has 1 amide bonds. The SMILES string of the molecule is O=C(Cn1cnc(-c2cccc([N+](=O)[O-])c2)n1)Nc1ccc(CN2CCOCC2)cc1. The molecular weight excluding hydrogens is 400 g/mol. The number of rotatable bonds is 7. The predicted molar refractivity (Wildman–Crippen MR) is 113 cm³/mol. The van der Waals surface area contributed by atoms with E-state index in [4.69, 9.17) is 4.74 Å². The summed E-state index contributed by atoms with van der Waals surface area (Å²) in [4.78, 5) is 29.3. The molecule has 0 radical (unpaired) electrons. The number of carbonyl (C=O) groups is 1. The zero-order chi connectivity index (χ0) is 21.6. The van der Waals surface area contributed by atoms with Gasteiger partial charge in [0.25, 0.3) is 5.69 Å². The van der Waals surface area contributed by atoms with Crippen LogP contribution in [0.4, 0.5) is 11.4 Å². The molecule has 0 bridgehead atoms. The number of nitro benzene ring substituents is 1. The van der Waals surface area contributed by atoms with Gasteiger partial charge in [0.15, 0.2) is 5.82 Å². The van der Waals surface area contributed by atoms with Crippen molar-refractivity contribution in [2.45, 2.75) is 13.1 Å². The number of non-ortho nitro benzene ring substituents is 1. The largest absolute Gasteiger partial charge is 0.379 e. The molecule has 2 aromatic carbocycles. The molecule has 31 heavy (non-hydrogen) atoms. The highest BCUT2D eigenvalue weighted by molar-refractivity contribution is 5.90. The molecule has 3 aromatic rings. The van der Waals surface area contributed by atoms with Crippen LogP contribution in [-0.2, 0) is 22.6 Å². The van der Waals surface area contributed by atoms with Crippen molar-refractivity contribution in [1.29, 1.82) is 0 Å². The van der Waals surface area contributed by atoms with Gasteiger partial charge in [0.2, 0.25) is 5.91 Å². The third kappa shape index (κ3) is 5.50. The summed E-state index contributed by atoms with van der Waals surface area (Å²) in [5.74, 6) is 0.0837. The standard InChI is InChI=1S/C21H22N6O4/c28-20(23-18-6-4-16(5-7-18)13-25-8-10-31-11-9-25)14-26-15-22-21(24-26)17-2-1-3-19(12-17)27(29)30/h1-7,12,15H,8-11,13-14H2,(H,23,28). The third-order valence-electron chi connectivity index (χ3n) is 4.90. The predicted octanol–water partition coefficient (Wildman–Crippen LogP) is 2.32. The van der Waals surface area contributed by atoms with E-state index in [1.807, 2.05) is 24.3 Å². The molecule has 4 rings (SSSR count). The number of anilines is 1. The number of hydrogen-bond acceptors (Lipinski definition) is 7. The Balaban J connectivity index is 1.33. The number of benzene rings is 2. The summed E-state index contributed by atoms with van der Waals surface area (Å²) in [6.45, 7) is 4.22. The molecule has 1 aliphatic rings. The van der Waals surface area contributed by atoms with Crippen LogP contribution in [0.25, 0.3) is 11.4 Å². The molecule has 1 aliphatic heterocycles. The molecule has 0 saturated carbocycles. The fourth-order valence-corrected chi connectivity index (χ4v) is 3.32. The van der Waals surface area contributed by atoms with Gasteiger partial charge in [-0.1, -0.05) is 24.3 Å². The summed E-state index contributed by atoms with van der Waals surface area (Å²) in [6.07, 6.45) is 1.43. The van der Waals surface area contributed by atoms with Crippen molar-refractivity contribution in [2.24, 2.45) is 0 Å². The van der Waals surface area contributed by atoms with Crippen LogP contribution in [0.2, 0.25) is 0 Å². The van der Waals surface area contributed by atoms with Crippen LogP contribution in [0.1, 0.15) is 5.56 Å². The van der Waals surface area contributed by atoms with Crippen molar-refractivity contribution in [3.63, 3.8) is 0 Å². The molecule has 0 aliphatic carbocycles. The molecular formula is C21H22N6O4. The number of hydrogen-bond donors (Lipinski definition) is 1. The minimum Gasteiger partial charge on any atom is -0.379 e. The Bertz CT molecular complexity index is 1060. The quantitative estimate of drug-likeness (QED) is 0.459. The molecule has 1 aromatic heterocycles. The van der Waals surface area contributed by atoms with Crippen LogP contribution in [-0.4, -0.2) is 56.8 Å². The van der Waals surface area contributed by atoms with Gasteiger partial charge in [-0.15, -0.1) is 0 Å². The number of nitro groups is 1. The maximum atomic E-state index is 12.4. The lowest BCUT2D eigenvalue weighted by Gasteiger charge is -2.26. The molecule has 1 fully saturated rings. The van der Waals surface area contributed by atoms with Crippen molar-refractivity contribution >= 4 is 17.3 Å².